The Labute approximate surface area is 229 Å². The van der Waals surface area contributed by atoms with Gasteiger partial charge in [-0.15, -0.1) is 0 Å². The molecule has 0 saturated heterocycles. The predicted octanol–water partition coefficient (Wildman–Crippen LogP) is 5.83. The highest BCUT2D eigenvalue weighted by molar-refractivity contribution is 7.99. The van der Waals surface area contributed by atoms with Crippen LogP contribution in [0.25, 0.3) is 0 Å². The lowest BCUT2D eigenvalue weighted by Gasteiger charge is -2.13. The first kappa shape index (κ1) is 27.9. The van der Waals surface area contributed by atoms with Gasteiger partial charge in [0.1, 0.15) is 17.6 Å². The third-order valence-corrected chi connectivity index (χ3v) is 6.59. The van der Waals surface area contributed by atoms with Crippen molar-refractivity contribution in [3.8, 4) is 23.6 Å². The summed E-state index contributed by atoms with van der Waals surface area (Å²) in [4.78, 5) is 27.6. The second kappa shape index (κ2) is 12.2. The van der Waals surface area contributed by atoms with Crippen LogP contribution in [0.1, 0.15) is 27.8 Å². The van der Waals surface area contributed by atoms with Crippen LogP contribution in [0.15, 0.2) is 64.9 Å². The number of aromatic amines is 1. The van der Waals surface area contributed by atoms with Crippen LogP contribution in [0.4, 0.5) is 13.2 Å². The van der Waals surface area contributed by atoms with E-state index in [4.69, 9.17) is 21.1 Å². The van der Waals surface area contributed by atoms with Gasteiger partial charge in [-0.3, -0.25) is 4.79 Å². The van der Waals surface area contributed by atoms with Crippen LogP contribution >= 0.6 is 23.4 Å². The van der Waals surface area contributed by atoms with Crippen LogP contribution in [0, 0.1) is 11.3 Å². The van der Waals surface area contributed by atoms with E-state index in [0.717, 1.165) is 23.3 Å². The van der Waals surface area contributed by atoms with Gasteiger partial charge < -0.3 is 14.5 Å². The summed E-state index contributed by atoms with van der Waals surface area (Å²) in [5.41, 5.74) is 0.874. The standard InChI is InChI=1S/C26H19ClF3N5O3S/c1-37-24-32-12-16(13-33-24)9-18-14-34-25(35-23(18)36)39-7-6-15-2-5-22(17(8-15)11-31)38-19-3-4-21(27)20(10-19)26(28,29)30/h2-5,8,10,12-14H,6-7,9H2,1H3,(H,34,35,36). The van der Waals surface area contributed by atoms with E-state index in [9.17, 15) is 23.2 Å². The van der Waals surface area contributed by atoms with E-state index in [1.807, 2.05) is 6.07 Å². The Hall–Kier alpha value is -4.08. The zero-order valence-corrected chi connectivity index (χ0v) is 21.8. The van der Waals surface area contributed by atoms with Gasteiger partial charge in [-0.05, 0) is 47.9 Å². The molecule has 0 radical (unpaired) electrons. The van der Waals surface area contributed by atoms with Gasteiger partial charge in [-0.25, -0.2) is 15.0 Å². The lowest BCUT2D eigenvalue weighted by molar-refractivity contribution is -0.137. The number of benzene rings is 2. The van der Waals surface area contributed by atoms with E-state index in [1.165, 1.54) is 37.2 Å². The minimum absolute atomic E-state index is 0.0930. The zero-order chi connectivity index (χ0) is 28.0. The summed E-state index contributed by atoms with van der Waals surface area (Å²) >= 11 is 6.99. The molecule has 8 nitrogen and oxygen atoms in total. The zero-order valence-electron chi connectivity index (χ0n) is 20.3. The number of hydrogen-bond acceptors (Lipinski definition) is 8. The van der Waals surface area contributed by atoms with Crippen molar-refractivity contribution in [2.75, 3.05) is 12.9 Å². The molecule has 0 bridgehead atoms. The molecule has 0 atom stereocenters. The minimum atomic E-state index is -4.64. The number of alkyl halides is 3. The summed E-state index contributed by atoms with van der Waals surface area (Å²) in [5, 5.41) is 9.54. The number of H-pyrrole nitrogens is 1. The van der Waals surface area contributed by atoms with Gasteiger partial charge in [-0.1, -0.05) is 29.4 Å². The first-order valence-electron chi connectivity index (χ1n) is 11.3. The quantitative estimate of drug-likeness (QED) is 0.196. The third kappa shape index (κ3) is 7.28. The van der Waals surface area contributed by atoms with E-state index in [-0.39, 0.29) is 28.6 Å². The molecule has 1 N–H and O–H groups in total. The molecule has 200 valence electrons. The number of hydrogen-bond donors (Lipinski definition) is 1. The lowest BCUT2D eigenvalue weighted by Crippen LogP contribution is -2.15. The van der Waals surface area contributed by atoms with Crippen LogP contribution in [0.5, 0.6) is 17.5 Å². The van der Waals surface area contributed by atoms with E-state index in [0.29, 0.717) is 29.3 Å². The highest BCUT2D eigenvalue weighted by atomic mass is 35.5. The average Bonchev–Trinajstić information content (AvgIpc) is 2.91. The number of nitrogens with one attached hydrogen (secondary N) is 1. The molecule has 2 heterocycles. The Morgan fingerprint density at radius 2 is 1.85 bits per heavy atom. The lowest BCUT2D eigenvalue weighted by atomic mass is 10.1. The molecule has 0 aliphatic carbocycles. The number of nitriles is 1. The molecule has 0 amide bonds. The Balaban J connectivity index is 1.37. The van der Waals surface area contributed by atoms with Crippen LogP contribution in [0.2, 0.25) is 5.02 Å². The number of halogens is 4. The van der Waals surface area contributed by atoms with Crippen molar-refractivity contribution in [3.63, 3.8) is 0 Å². The normalized spacial score (nSPS) is 11.2. The molecule has 13 heteroatoms. The summed E-state index contributed by atoms with van der Waals surface area (Å²) in [5.74, 6) is 0.573. The maximum absolute atomic E-state index is 13.1. The Morgan fingerprint density at radius 1 is 1.08 bits per heavy atom. The molecular weight excluding hydrogens is 555 g/mol. The van der Waals surface area contributed by atoms with Crippen LogP contribution in [0.3, 0.4) is 0 Å². The SMILES string of the molecule is COc1ncc(Cc2cnc(SCCc3ccc(Oc4ccc(Cl)c(C(F)(F)F)c4)c(C#N)c3)[nH]c2=O)cn1. The number of thioether (sulfide) groups is 1. The van der Waals surface area contributed by atoms with Gasteiger partial charge in [-0.2, -0.15) is 18.4 Å². The summed E-state index contributed by atoms with van der Waals surface area (Å²) in [6, 6.07) is 10.3. The van der Waals surface area contributed by atoms with Crippen LogP contribution in [-0.4, -0.2) is 32.8 Å². The number of ether oxygens (including phenoxy) is 2. The number of rotatable bonds is 9. The molecule has 0 unspecified atom stereocenters. The van der Waals surface area contributed by atoms with Crippen molar-refractivity contribution in [2.24, 2.45) is 0 Å². The van der Waals surface area contributed by atoms with Crippen molar-refractivity contribution < 1.29 is 22.6 Å². The second-order valence-corrected chi connectivity index (χ2v) is 9.57. The summed E-state index contributed by atoms with van der Waals surface area (Å²) in [6.07, 6.45) is 0.876. The fraction of sp³-hybridized carbons (Fsp3) is 0.192. The molecule has 0 spiro atoms. The molecule has 0 aliphatic rings. The predicted molar refractivity (Wildman–Crippen MR) is 138 cm³/mol. The highest BCUT2D eigenvalue weighted by Gasteiger charge is 2.33. The molecule has 4 aromatic rings. The van der Waals surface area contributed by atoms with Crippen molar-refractivity contribution in [1.29, 1.82) is 5.26 Å². The van der Waals surface area contributed by atoms with E-state index in [1.54, 1.807) is 24.5 Å². The van der Waals surface area contributed by atoms with Gasteiger partial charge in [0, 0.05) is 36.3 Å². The van der Waals surface area contributed by atoms with Gasteiger partial charge in [0.15, 0.2) is 5.16 Å². The monoisotopic (exact) mass is 573 g/mol. The molecule has 4 rings (SSSR count). The largest absolute Gasteiger partial charge is 0.467 e. The molecule has 2 aromatic heterocycles. The fourth-order valence-corrected chi connectivity index (χ4v) is 4.50. The second-order valence-electron chi connectivity index (χ2n) is 8.08. The third-order valence-electron chi connectivity index (χ3n) is 5.37. The van der Waals surface area contributed by atoms with E-state index >= 15 is 0 Å². The minimum Gasteiger partial charge on any atom is -0.467 e. The summed E-state index contributed by atoms with van der Waals surface area (Å²) in [7, 11) is 1.47. The van der Waals surface area contributed by atoms with Crippen molar-refractivity contribution >= 4 is 23.4 Å². The van der Waals surface area contributed by atoms with Crippen LogP contribution in [-0.2, 0) is 19.0 Å². The maximum Gasteiger partial charge on any atom is 0.417 e. The fourth-order valence-electron chi connectivity index (χ4n) is 3.45. The number of nitrogens with zero attached hydrogens (tertiary/aromatic N) is 4. The van der Waals surface area contributed by atoms with Crippen LogP contribution < -0.4 is 15.0 Å². The number of methoxy groups -OCH3 is 1. The first-order chi connectivity index (χ1) is 18.7. The Bertz CT molecular complexity index is 1570. The maximum atomic E-state index is 13.1. The molecule has 0 aliphatic heterocycles. The first-order valence-corrected chi connectivity index (χ1v) is 12.7. The number of aromatic nitrogens is 4. The number of aryl methyl sites for hydroxylation is 1. The van der Waals surface area contributed by atoms with Crippen molar-refractivity contribution in [1.82, 2.24) is 19.9 Å². The average molecular weight is 574 g/mol. The summed E-state index contributed by atoms with van der Waals surface area (Å²) in [6.45, 7) is 0. The van der Waals surface area contributed by atoms with Crippen molar-refractivity contribution in [3.05, 3.63) is 98.2 Å². The highest BCUT2D eigenvalue weighted by Crippen LogP contribution is 2.38. The van der Waals surface area contributed by atoms with Gasteiger partial charge in [0.2, 0.25) is 0 Å². The van der Waals surface area contributed by atoms with E-state index in [2.05, 4.69) is 19.9 Å². The Morgan fingerprint density at radius 3 is 2.51 bits per heavy atom. The topological polar surface area (TPSA) is 114 Å². The van der Waals surface area contributed by atoms with Gasteiger partial charge >= 0.3 is 12.2 Å². The molecular formula is C26H19ClF3N5O3S. The molecule has 0 fully saturated rings. The van der Waals surface area contributed by atoms with Gasteiger partial charge in [0.05, 0.1) is 23.3 Å². The smallest absolute Gasteiger partial charge is 0.417 e. The summed E-state index contributed by atoms with van der Waals surface area (Å²) < 4.78 is 49.9. The van der Waals surface area contributed by atoms with Crippen molar-refractivity contribution in [2.45, 2.75) is 24.2 Å². The van der Waals surface area contributed by atoms with Gasteiger partial charge in [0.25, 0.3) is 5.56 Å². The molecule has 0 saturated carbocycles. The Kier molecular flexibility index (Phi) is 8.73. The molecule has 2 aromatic carbocycles. The van der Waals surface area contributed by atoms with E-state index < -0.39 is 16.8 Å². The molecule has 39 heavy (non-hydrogen) atoms.